The summed E-state index contributed by atoms with van der Waals surface area (Å²) in [7, 11) is 0. The minimum absolute atomic E-state index is 0.0492. The summed E-state index contributed by atoms with van der Waals surface area (Å²) in [5.41, 5.74) is 6.09. The Morgan fingerprint density at radius 1 is 1.04 bits per heavy atom. The van der Waals surface area contributed by atoms with Gasteiger partial charge in [0.2, 0.25) is 5.91 Å². The predicted molar refractivity (Wildman–Crippen MR) is 115 cm³/mol. The van der Waals surface area contributed by atoms with Crippen LogP contribution in [-0.2, 0) is 4.79 Å². The van der Waals surface area contributed by atoms with Crippen LogP contribution >= 0.6 is 11.8 Å². The maximum atomic E-state index is 12.8. The molecule has 0 saturated heterocycles. The van der Waals surface area contributed by atoms with Crippen LogP contribution in [0.1, 0.15) is 23.6 Å². The van der Waals surface area contributed by atoms with Gasteiger partial charge in [-0.2, -0.15) is 0 Å². The zero-order chi connectivity index (χ0) is 19.8. The highest BCUT2D eigenvalue weighted by Gasteiger charge is 2.20. The van der Waals surface area contributed by atoms with E-state index in [0.29, 0.717) is 0 Å². The standard InChI is InChI=1S/C22H22N4OS/c1-13-8-7-10-18(15(13)3)23-21(27)16(4)28-22-25-24-20-12-14(2)17-9-5-6-11-19(17)26(20)22/h5-12,16H,1-4H3,(H,23,27)/t16-/m0/s1. The van der Waals surface area contributed by atoms with Crippen molar-refractivity contribution in [3.05, 3.63) is 65.2 Å². The maximum absolute atomic E-state index is 12.8. The Morgan fingerprint density at radius 3 is 2.64 bits per heavy atom. The van der Waals surface area contributed by atoms with Gasteiger partial charge in [-0.15, -0.1) is 10.2 Å². The fraction of sp³-hybridized carbons (Fsp3) is 0.227. The van der Waals surface area contributed by atoms with Gasteiger partial charge in [-0.1, -0.05) is 42.1 Å². The number of para-hydroxylation sites is 1. The number of aryl methyl sites for hydroxylation is 2. The van der Waals surface area contributed by atoms with E-state index < -0.39 is 0 Å². The van der Waals surface area contributed by atoms with Gasteiger partial charge in [-0.05, 0) is 62.6 Å². The Morgan fingerprint density at radius 2 is 1.82 bits per heavy atom. The molecule has 4 rings (SSSR count). The Balaban J connectivity index is 1.64. The van der Waals surface area contributed by atoms with Crippen LogP contribution in [0.3, 0.4) is 0 Å². The molecule has 1 atom stereocenters. The lowest BCUT2D eigenvalue weighted by molar-refractivity contribution is -0.115. The summed E-state index contributed by atoms with van der Waals surface area (Å²) in [6, 6.07) is 16.1. The fourth-order valence-corrected chi connectivity index (χ4v) is 4.15. The van der Waals surface area contributed by atoms with Gasteiger partial charge in [0.05, 0.1) is 10.8 Å². The van der Waals surface area contributed by atoms with Gasteiger partial charge in [0, 0.05) is 11.1 Å². The van der Waals surface area contributed by atoms with Crippen LogP contribution in [-0.4, -0.2) is 25.8 Å². The topological polar surface area (TPSA) is 59.3 Å². The fourth-order valence-electron chi connectivity index (χ4n) is 3.28. The molecule has 0 radical (unpaired) electrons. The van der Waals surface area contributed by atoms with E-state index in [0.717, 1.165) is 44.1 Å². The summed E-state index contributed by atoms with van der Waals surface area (Å²) in [5, 5.41) is 13.3. The third-order valence-electron chi connectivity index (χ3n) is 5.09. The lowest BCUT2D eigenvalue weighted by Gasteiger charge is -2.14. The normalized spacial score (nSPS) is 12.4. The number of anilines is 1. The molecule has 5 nitrogen and oxygen atoms in total. The highest BCUT2D eigenvalue weighted by Crippen LogP contribution is 2.28. The molecule has 0 unspecified atom stereocenters. The van der Waals surface area contributed by atoms with Crippen molar-refractivity contribution in [1.82, 2.24) is 14.6 Å². The number of nitrogens with zero attached hydrogens (tertiary/aromatic N) is 3. The number of aromatic nitrogens is 3. The first-order valence-corrected chi connectivity index (χ1v) is 10.1. The molecule has 4 aromatic rings. The third-order valence-corrected chi connectivity index (χ3v) is 6.13. The van der Waals surface area contributed by atoms with Crippen LogP contribution in [0, 0.1) is 20.8 Å². The van der Waals surface area contributed by atoms with E-state index in [4.69, 9.17) is 0 Å². The molecule has 6 heteroatoms. The second-order valence-electron chi connectivity index (χ2n) is 7.02. The van der Waals surface area contributed by atoms with Crippen LogP contribution in [0.15, 0.2) is 53.7 Å². The number of rotatable bonds is 4. The molecule has 0 aliphatic rings. The first-order chi connectivity index (χ1) is 13.5. The second-order valence-corrected chi connectivity index (χ2v) is 8.33. The van der Waals surface area contributed by atoms with Crippen LogP contribution < -0.4 is 5.32 Å². The molecule has 0 bridgehead atoms. The zero-order valence-corrected chi connectivity index (χ0v) is 17.2. The van der Waals surface area contributed by atoms with Crippen molar-refractivity contribution in [2.75, 3.05) is 5.32 Å². The number of hydrogen-bond donors (Lipinski definition) is 1. The molecule has 0 aliphatic heterocycles. The Bertz CT molecular complexity index is 1200. The summed E-state index contributed by atoms with van der Waals surface area (Å²) in [6.45, 7) is 8.02. The molecule has 142 valence electrons. The number of fused-ring (bicyclic) bond motifs is 3. The van der Waals surface area contributed by atoms with Crippen molar-refractivity contribution < 1.29 is 4.79 Å². The molecule has 1 amide bonds. The van der Waals surface area contributed by atoms with Crippen molar-refractivity contribution in [3.63, 3.8) is 0 Å². The largest absolute Gasteiger partial charge is 0.325 e. The van der Waals surface area contributed by atoms with E-state index in [1.807, 2.05) is 61.6 Å². The predicted octanol–water partition coefficient (Wildman–Crippen LogP) is 4.93. The molecule has 2 aromatic carbocycles. The number of benzene rings is 2. The van der Waals surface area contributed by atoms with Crippen LogP contribution in [0.5, 0.6) is 0 Å². The Kier molecular flexibility index (Phi) is 4.81. The van der Waals surface area contributed by atoms with E-state index >= 15 is 0 Å². The third kappa shape index (κ3) is 3.24. The molecular formula is C22H22N4OS. The van der Waals surface area contributed by atoms with E-state index in [2.05, 4.69) is 34.6 Å². The van der Waals surface area contributed by atoms with E-state index in [1.165, 1.54) is 11.8 Å². The number of nitrogens with one attached hydrogen (secondary N) is 1. The zero-order valence-electron chi connectivity index (χ0n) is 16.4. The van der Waals surface area contributed by atoms with Crippen LogP contribution in [0.25, 0.3) is 16.6 Å². The molecule has 2 aromatic heterocycles. The first kappa shape index (κ1) is 18.5. The summed E-state index contributed by atoms with van der Waals surface area (Å²) in [6.07, 6.45) is 0. The molecule has 0 fully saturated rings. The smallest absolute Gasteiger partial charge is 0.237 e. The number of hydrogen-bond acceptors (Lipinski definition) is 4. The highest BCUT2D eigenvalue weighted by molar-refractivity contribution is 8.00. The second kappa shape index (κ2) is 7.28. The lowest BCUT2D eigenvalue weighted by Crippen LogP contribution is -2.23. The highest BCUT2D eigenvalue weighted by atomic mass is 32.2. The summed E-state index contributed by atoms with van der Waals surface area (Å²) >= 11 is 1.42. The molecule has 0 saturated carbocycles. The van der Waals surface area contributed by atoms with Gasteiger partial charge in [0.1, 0.15) is 0 Å². The summed E-state index contributed by atoms with van der Waals surface area (Å²) in [4.78, 5) is 12.8. The van der Waals surface area contributed by atoms with Gasteiger partial charge < -0.3 is 5.32 Å². The average molecular weight is 391 g/mol. The Labute approximate surface area is 168 Å². The van der Waals surface area contributed by atoms with Crippen LogP contribution in [0.2, 0.25) is 0 Å². The van der Waals surface area contributed by atoms with E-state index in [1.54, 1.807) is 0 Å². The SMILES string of the molecule is Cc1cccc(NC(=O)[C@H](C)Sc2nnc3cc(C)c4ccccc4n23)c1C. The molecular weight excluding hydrogens is 368 g/mol. The quantitative estimate of drug-likeness (QED) is 0.502. The minimum atomic E-state index is -0.313. The van der Waals surface area contributed by atoms with Crippen molar-refractivity contribution in [2.24, 2.45) is 0 Å². The lowest BCUT2D eigenvalue weighted by atomic mass is 10.1. The summed E-state index contributed by atoms with van der Waals surface area (Å²) in [5.74, 6) is -0.0492. The van der Waals surface area contributed by atoms with Gasteiger partial charge in [-0.25, -0.2) is 0 Å². The van der Waals surface area contributed by atoms with E-state index in [9.17, 15) is 4.79 Å². The van der Waals surface area contributed by atoms with Crippen molar-refractivity contribution in [3.8, 4) is 0 Å². The molecule has 1 N–H and O–H groups in total. The molecule has 2 heterocycles. The number of carbonyl (C=O) groups excluding carboxylic acids is 1. The minimum Gasteiger partial charge on any atom is -0.325 e. The number of pyridine rings is 1. The van der Waals surface area contributed by atoms with Gasteiger partial charge in [0.15, 0.2) is 10.8 Å². The number of amides is 1. The Hall–Kier alpha value is -2.86. The van der Waals surface area contributed by atoms with Gasteiger partial charge >= 0.3 is 0 Å². The van der Waals surface area contributed by atoms with Crippen molar-refractivity contribution >= 4 is 39.9 Å². The summed E-state index contributed by atoms with van der Waals surface area (Å²) < 4.78 is 2.02. The number of carbonyl (C=O) groups is 1. The van der Waals surface area contributed by atoms with E-state index in [-0.39, 0.29) is 11.2 Å². The maximum Gasteiger partial charge on any atom is 0.237 e. The van der Waals surface area contributed by atoms with Crippen molar-refractivity contribution in [2.45, 2.75) is 38.1 Å². The first-order valence-electron chi connectivity index (χ1n) is 9.23. The van der Waals surface area contributed by atoms with Gasteiger partial charge in [0.25, 0.3) is 0 Å². The van der Waals surface area contributed by atoms with Crippen molar-refractivity contribution in [1.29, 1.82) is 0 Å². The molecule has 0 spiro atoms. The average Bonchev–Trinajstić information content (AvgIpc) is 3.08. The van der Waals surface area contributed by atoms with Crippen LogP contribution in [0.4, 0.5) is 5.69 Å². The molecule has 28 heavy (non-hydrogen) atoms. The monoisotopic (exact) mass is 390 g/mol. The van der Waals surface area contributed by atoms with Gasteiger partial charge in [-0.3, -0.25) is 9.20 Å². The number of thioether (sulfide) groups is 1. The molecule has 0 aliphatic carbocycles.